The van der Waals surface area contributed by atoms with Crippen molar-refractivity contribution in [2.24, 2.45) is 5.92 Å². The summed E-state index contributed by atoms with van der Waals surface area (Å²) in [5.41, 5.74) is -0.763. The Morgan fingerprint density at radius 2 is 2.14 bits per heavy atom. The van der Waals surface area contributed by atoms with E-state index in [0.717, 1.165) is 51.9 Å². The molecule has 5 heteroatoms. The van der Waals surface area contributed by atoms with E-state index in [9.17, 15) is 9.90 Å². The molecular formula is C16H30N2O3. The fraction of sp³-hybridized carbons (Fsp3) is 0.938. The van der Waals surface area contributed by atoms with Gasteiger partial charge in [-0.2, -0.15) is 0 Å². The van der Waals surface area contributed by atoms with Crippen LogP contribution in [-0.2, 0) is 9.53 Å². The zero-order valence-electron chi connectivity index (χ0n) is 13.4. The molecule has 122 valence electrons. The van der Waals surface area contributed by atoms with Gasteiger partial charge in [-0.05, 0) is 18.8 Å². The summed E-state index contributed by atoms with van der Waals surface area (Å²) in [6.07, 6.45) is 3.86. The van der Waals surface area contributed by atoms with Crippen LogP contribution in [0.2, 0.25) is 0 Å². The van der Waals surface area contributed by atoms with Gasteiger partial charge in [0.1, 0.15) is 0 Å². The molecule has 1 saturated heterocycles. The van der Waals surface area contributed by atoms with Crippen molar-refractivity contribution in [3.05, 3.63) is 0 Å². The molecule has 0 spiro atoms. The van der Waals surface area contributed by atoms with Crippen molar-refractivity contribution in [1.29, 1.82) is 0 Å². The van der Waals surface area contributed by atoms with Gasteiger partial charge in [0.2, 0.25) is 5.91 Å². The number of morpholine rings is 1. The number of ether oxygens (including phenoxy) is 1. The summed E-state index contributed by atoms with van der Waals surface area (Å²) in [6.45, 7) is 8.64. The van der Waals surface area contributed by atoms with Crippen LogP contribution in [0.25, 0.3) is 0 Å². The number of rotatable bonds is 6. The second-order valence-electron chi connectivity index (χ2n) is 7.06. The van der Waals surface area contributed by atoms with E-state index < -0.39 is 5.60 Å². The van der Waals surface area contributed by atoms with Crippen molar-refractivity contribution in [1.82, 2.24) is 10.2 Å². The maximum atomic E-state index is 12.0. The predicted molar refractivity (Wildman–Crippen MR) is 82.1 cm³/mol. The number of nitrogens with zero attached hydrogens (tertiary/aromatic N) is 1. The van der Waals surface area contributed by atoms with Crippen molar-refractivity contribution >= 4 is 5.91 Å². The molecule has 2 rings (SSSR count). The maximum absolute atomic E-state index is 12.0. The summed E-state index contributed by atoms with van der Waals surface area (Å²) in [6, 6.07) is 0. The van der Waals surface area contributed by atoms with Gasteiger partial charge in [0.25, 0.3) is 0 Å². The Balaban J connectivity index is 1.68. The summed E-state index contributed by atoms with van der Waals surface area (Å²) >= 11 is 0. The summed E-state index contributed by atoms with van der Waals surface area (Å²) < 4.78 is 5.72. The monoisotopic (exact) mass is 298 g/mol. The van der Waals surface area contributed by atoms with Gasteiger partial charge in [-0.1, -0.05) is 26.7 Å². The zero-order valence-corrected chi connectivity index (χ0v) is 13.4. The number of amides is 1. The highest BCUT2D eigenvalue weighted by molar-refractivity contribution is 5.77. The topological polar surface area (TPSA) is 61.8 Å². The summed E-state index contributed by atoms with van der Waals surface area (Å²) in [5, 5.41) is 13.2. The van der Waals surface area contributed by atoms with Crippen LogP contribution in [-0.4, -0.2) is 60.4 Å². The van der Waals surface area contributed by atoms with E-state index in [1.54, 1.807) is 0 Å². The van der Waals surface area contributed by atoms with Crippen LogP contribution in [0.3, 0.4) is 0 Å². The standard InChI is InChI=1S/C16H30N2O3/c1-13(2)11-18-7-8-21-14(12-18)10-17-15(19)9-16(20)5-3-4-6-16/h13-14,20H,3-12H2,1-2H3,(H,17,19). The lowest BCUT2D eigenvalue weighted by Crippen LogP contribution is -2.49. The Morgan fingerprint density at radius 3 is 2.81 bits per heavy atom. The highest BCUT2D eigenvalue weighted by Gasteiger charge is 2.33. The molecule has 0 aromatic heterocycles. The van der Waals surface area contributed by atoms with Crippen LogP contribution in [0, 0.1) is 5.92 Å². The molecular weight excluding hydrogens is 268 g/mol. The van der Waals surface area contributed by atoms with E-state index >= 15 is 0 Å². The highest BCUT2D eigenvalue weighted by atomic mass is 16.5. The third-order valence-electron chi connectivity index (χ3n) is 4.40. The van der Waals surface area contributed by atoms with E-state index in [1.807, 2.05) is 0 Å². The molecule has 0 aromatic carbocycles. The first-order valence-electron chi connectivity index (χ1n) is 8.30. The molecule has 1 aliphatic heterocycles. The molecule has 2 aliphatic rings. The van der Waals surface area contributed by atoms with Crippen molar-refractivity contribution in [2.75, 3.05) is 32.8 Å². The third-order valence-corrected chi connectivity index (χ3v) is 4.40. The summed E-state index contributed by atoms with van der Waals surface area (Å²) in [5.74, 6) is 0.596. The molecule has 0 bridgehead atoms. The normalized spacial score (nSPS) is 26.2. The minimum absolute atomic E-state index is 0.0519. The molecule has 1 saturated carbocycles. The molecule has 1 aliphatic carbocycles. The number of aliphatic hydroxyl groups is 1. The quantitative estimate of drug-likeness (QED) is 0.772. The molecule has 21 heavy (non-hydrogen) atoms. The fourth-order valence-corrected chi connectivity index (χ4v) is 3.39. The Morgan fingerprint density at radius 1 is 1.43 bits per heavy atom. The average Bonchev–Trinajstić information content (AvgIpc) is 2.82. The molecule has 1 amide bonds. The molecule has 0 radical (unpaired) electrons. The van der Waals surface area contributed by atoms with Gasteiger partial charge >= 0.3 is 0 Å². The van der Waals surface area contributed by atoms with Crippen LogP contribution in [0.1, 0.15) is 46.0 Å². The van der Waals surface area contributed by atoms with E-state index in [1.165, 1.54) is 0 Å². The summed E-state index contributed by atoms with van der Waals surface area (Å²) in [7, 11) is 0. The Labute approximate surface area is 128 Å². The second-order valence-corrected chi connectivity index (χ2v) is 7.06. The minimum atomic E-state index is -0.763. The lowest BCUT2D eigenvalue weighted by molar-refractivity contribution is -0.127. The van der Waals surface area contributed by atoms with Crippen molar-refractivity contribution in [3.63, 3.8) is 0 Å². The molecule has 0 aromatic rings. The van der Waals surface area contributed by atoms with Crippen LogP contribution < -0.4 is 5.32 Å². The number of nitrogens with one attached hydrogen (secondary N) is 1. The first-order chi connectivity index (χ1) is 9.97. The van der Waals surface area contributed by atoms with Crippen molar-refractivity contribution in [3.8, 4) is 0 Å². The molecule has 5 nitrogen and oxygen atoms in total. The van der Waals surface area contributed by atoms with Crippen LogP contribution in [0.15, 0.2) is 0 Å². The molecule has 2 fully saturated rings. The van der Waals surface area contributed by atoms with Gasteiger partial charge in [0, 0.05) is 26.2 Å². The van der Waals surface area contributed by atoms with Crippen LogP contribution in [0.5, 0.6) is 0 Å². The number of carbonyl (C=O) groups excluding carboxylic acids is 1. The Hall–Kier alpha value is -0.650. The highest BCUT2D eigenvalue weighted by Crippen LogP contribution is 2.32. The Kier molecular flexibility index (Phi) is 6.02. The number of hydrogen-bond donors (Lipinski definition) is 2. The molecule has 2 N–H and O–H groups in total. The molecule has 1 atom stereocenters. The van der Waals surface area contributed by atoms with Gasteiger partial charge < -0.3 is 15.2 Å². The SMILES string of the molecule is CC(C)CN1CCOC(CNC(=O)CC2(O)CCCC2)C1. The first kappa shape index (κ1) is 16.7. The van der Waals surface area contributed by atoms with Gasteiger partial charge in [0.15, 0.2) is 0 Å². The molecule has 1 unspecified atom stereocenters. The van der Waals surface area contributed by atoms with Gasteiger partial charge in [-0.15, -0.1) is 0 Å². The van der Waals surface area contributed by atoms with Gasteiger partial charge in [-0.3, -0.25) is 9.69 Å². The van der Waals surface area contributed by atoms with Crippen molar-refractivity contribution in [2.45, 2.75) is 57.7 Å². The van der Waals surface area contributed by atoms with E-state index in [4.69, 9.17) is 4.74 Å². The Bertz CT molecular complexity index is 340. The van der Waals surface area contributed by atoms with E-state index in [0.29, 0.717) is 12.5 Å². The predicted octanol–water partition coefficient (Wildman–Crippen LogP) is 1.15. The largest absolute Gasteiger partial charge is 0.389 e. The van der Waals surface area contributed by atoms with Crippen LogP contribution in [0.4, 0.5) is 0 Å². The third kappa shape index (κ3) is 5.57. The first-order valence-corrected chi connectivity index (χ1v) is 8.30. The van der Waals surface area contributed by atoms with Gasteiger partial charge in [-0.25, -0.2) is 0 Å². The molecule has 1 heterocycles. The summed E-state index contributed by atoms with van der Waals surface area (Å²) in [4.78, 5) is 14.4. The fourth-order valence-electron chi connectivity index (χ4n) is 3.39. The second kappa shape index (κ2) is 7.56. The lowest BCUT2D eigenvalue weighted by Gasteiger charge is -2.34. The van der Waals surface area contributed by atoms with Gasteiger partial charge in [0.05, 0.1) is 24.7 Å². The smallest absolute Gasteiger partial charge is 0.222 e. The van der Waals surface area contributed by atoms with E-state index in [-0.39, 0.29) is 18.4 Å². The minimum Gasteiger partial charge on any atom is -0.389 e. The zero-order chi connectivity index (χ0) is 15.3. The average molecular weight is 298 g/mol. The number of hydrogen-bond acceptors (Lipinski definition) is 4. The lowest BCUT2D eigenvalue weighted by atomic mass is 9.97. The maximum Gasteiger partial charge on any atom is 0.222 e. The van der Waals surface area contributed by atoms with Crippen molar-refractivity contribution < 1.29 is 14.6 Å². The van der Waals surface area contributed by atoms with E-state index in [2.05, 4.69) is 24.1 Å². The van der Waals surface area contributed by atoms with Crippen LogP contribution >= 0.6 is 0 Å². The number of carbonyl (C=O) groups is 1.